The molecule has 18 heavy (non-hydrogen) atoms. The van der Waals surface area contributed by atoms with Crippen molar-refractivity contribution < 1.29 is 13.6 Å². The fraction of sp³-hybridized carbons (Fsp3) is 0. The van der Waals surface area contributed by atoms with Crippen molar-refractivity contribution in [3.63, 3.8) is 0 Å². The van der Waals surface area contributed by atoms with Crippen molar-refractivity contribution in [3.8, 4) is 11.5 Å². The van der Waals surface area contributed by atoms with Gasteiger partial charge in [0.1, 0.15) is 11.5 Å². The van der Waals surface area contributed by atoms with Crippen LogP contribution in [0.3, 0.4) is 0 Å². The lowest BCUT2D eigenvalue weighted by Crippen LogP contribution is -1.97. The van der Waals surface area contributed by atoms with E-state index < -0.39 is 7.60 Å². The summed E-state index contributed by atoms with van der Waals surface area (Å²) in [6, 6.07) is 17.7. The summed E-state index contributed by atoms with van der Waals surface area (Å²) in [5.74, 6) is 2.17. The van der Waals surface area contributed by atoms with Crippen LogP contribution < -0.4 is 9.05 Å². The monoisotopic (exact) mass is 260 g/mol. The summed E-state index contributed by atoms with van der Waals surface area (Å²) in [6.07, 6.45) is 0. The molecule has 0 unspecified atom stereocenters. The first-order chi connectivity index (χ1) is 8.72. The van der Waals surface area contributed by atoms with Gasteiger partial charge in [0.05, 0.1) is 0 Å². The van der Waals surface area contributed by atoms with Crippen molar-refractivity contribution in [2.45, 2.75) is 0 Å². The number of rotatable bonds is 5. The second kappa shape index (κ2) is 5.56. The van der Waals surface area contributed by atoms with Gasteiger partial charge in [-0.3, -0.25) is 0 Å². The highest BCUT2D eigenvalue weighted by molar-refractivity contribution is 7.58. The van der Waals surface area contributed by atoms with Crippen LogP contribution in [0.5, 0.6) is 11.5 Å². The molecule has 0 radical (unpaired) electrons. The van der Waals surface area contributed by atoms with Crippen molar-refractivity contribution in [2.75, 3.05) is 0 Å². The van der Waals surface area contributed by atoms with E-state index in [0.29, 0.717) is 11.5 Å². The average molecular weight is 260 g/mol. The Balaban J connectivity index is 2.16. The normalized spacial score (nSPS) is 10.7. The molecule has 0 aliphatic rings. The summed E-state index contributed by atoms with van der Waals surface area (Å²) in [5, 5.41) is 0. The van der Waals surface area contributed by atoms with E-state index in [2.05, 4.69) is 6.58 Å². The Morgan fingerprint density at radius 2 is 1.22 bits per heavy atom. The number of hydrogen-bond donors (Lipinski definition) is 0. The Bertz CT molecular complexity index is 506. The maximum atomic E-state index is 12.4. The highest BCUT2D eigenvalue weighted by Gasteiger charge is 2.23. The fourth-order valence-electron chi connectivity index (χ4n) is 1.35. The standard InChI is InChI=1S/C14H13O3P/c1-2-18(15,16-13-9-5-3-6-10-13)17-14-11-7-4-8-12-14/h2-12H,1H2. The lowest BCUT2D eigenvalue weighted by atomic mass is 10.3. The highest BCUT2D eigenvalue weighted by atomic mass is 31.2. The van der Waals surface area contributed by atoms with E-state index in [1.807, 2.05) is 12.1 Å². The number of benzene rings is 2. The van der Waals surface area contributed by atoms with E-state index in [0.717, 1.165) is 0 Å². The third-order valence-electron chi connectivity index (χ3n) is 2.18. The van der Waals surface area contributed by atoms with Gasteiger partial charge < -0.3 is 9.05 Å². The molecular weight excluding hydrogens is 247 g/mol. The summed E-state index contributed by atoms with van der Waals surface area (Å²) in [4.78, 5) is 0. The Hall–Kier alpha value is -1.99. The quantitative estimate of drug-likeness (QED) is 0.743. The Morgan fingerprint density at radius 1 is 0.833 bits per heavy atom. The van der Waals surface area contributed by atoms with Crippen molar-refractivity contribution in [3.05, 3.63) is 73.1 Å². The zero-order valence-electron chi connectivity index (χ0n) is 9.73. The second-order valence-electron chi connectivity index (χ2n) is 3.53. The molecule has 2 aromatic rings. The van der Waals surface area contributed by atoms with Crippen LogP contribution in [-0.4, -0.2) is 0 Å². The molecule has 0 amide bonds. The lowest BCUT2D eigenvalue weighted by Gasteiger charge is -2.16. The summed E-state index contributed by atoms with van der Waals surface area (Å²) < 4.78 is 23.1. The van der Waals surface area contributed by atoms with E-state index in [1.54, 1.807) is 48.5 Å². The molecule has 3 nitrogen and oxygen atoms in total. The highest BCUT2D eigenvalue weighted by Crippen LogP contribution is 2.49. The molecule has 0 atom stereocenters. The van der Waals surface area contributed by atoms with E-state index in [1.165, 1.54) is 5.82 Å². The Kier molecular flexibility index (Phi) is 3.85. The minimum Gasteiger partial charge on any atom is -0.413 e. The Morgan fingerprint density at radius 3 is 1.56 bits per heavy atom. The molecule has 2 aromatic carbocycles. The first-order valence-electron chi connectivity index (χ1n) is 5.44. The maximum Gasteiger partial charge on any atom is 0.455 e. The van der Waals surface area contributed by atoms with Crippen LogP contribution in [0.4, 0.5) is 0 Å². The smallest absolute Gasteiger partial charge is 0.413 e. The fourth-order valence-corrected chi connectivity index (χ4v) is 2.37. The average Bonchev–Trinajstić information content (AvgIpc) is 2.41. The van der Waals surface area contributed by atoms with Gasteiger partial charge in [0.25, 0.3) is 0 Å². The first-order valence-corrected chi connectivity index (χ1v) is 7.06. The van der Waals surface area contributed by atoms with Gasteiger partial charge in [-0.05, 0) is 24.3 Å². The number of para-hydroxylation sites is 2. The summed E-state index contributed by atoms with van der Waals surface area (Å²) in [5.41, 5.74) is 0. The van der Waals surface area contributed by atoms with Gasteiger partial charge in [-0.1, -0.05) is 43.0 Å². The van der Waals surface area contributed by atoms with Crippen LogP contribution in [0, 0.1) is 0 Å². The first kappa shape index (κ1) is 12.5. The van der Waals surface area contributed by atoms with Gasteiger partial charge in [0.15, 0.2) is 0 Å². The van der Waals surface area contributed by atoms with E-state index in [4.69, 9.17) is 9.05 Å². The zero-order chi connectivity index (χ0) is 12.8. The van der Waals surface area contributed by atoms with Crippen LogP contribution in [0.2, 0.25) is 0 Å². The third-order valence-corrected chi connectivity index (χ3v) is 3.55. The van der Waals surface area contributed by atoms with Crippen LogP contribution in [0.25, 0.3) is 0 Å². The SMILES string of the molecule is C=CP(=O)(Oc1ccccc1)Oc1ccccc1. The van der Waals surface area contributed by atoms with Crippen molar-refractivity contribution >= 4 is 7.60 Å². The van der Waals surface area contributed by atoms with Crippen LogP contribution in [-0.2, 0) is 4.57 Å². The van der Waals surface area contributed by atoms with Gasteiger partial charge in [-0.15, -0.1) is 0 Å². The molecular formula is C14H13O3P. The largest absolute Gasteiger partial charge is 0.455 e. The topological polar surface area (TPSA) is 35.5 Å². The molecule has 0 spiro atoms. The van der Waals surface area contributed by atoms with E-state index in [9.17, 15) is 4.57 Å². The molecule has 0 aromatic heterocycles. The van der Waals surface area contributed by atoms with Gasteiger partial charge in [0.2, 0.25) is 0 Å². The molecule has 0 aliphatic heterocycles. The zero-order valence-corrected chi connectivity index (χ0v) is 10.6. The summed E-state index contributed by atoms with van der Waals surface area (Å²) >= 11 is 0. The van der Waals surface area contributed by atoms with E-state index in [-0.39, 0.29) is 0 Å². The van der Waals surface area contributed by atoms with Crippen molar-refractivity contribution in [1.29, 1.82) is 0 Å². The molecule has 92 valence electrons. The molecule has 0 bridgehead atoms. The minimum absolute atomic E-state index is 0.483. The van der Waals surface area contributed by atoms with Gasteiger partial charge in [-0.2, -0.15) is 0 Å². The molecule has 0 fully saturated rings. The molecule has 0 N–H and O–H groups in total. The lowest BCUT2D eigenvalue weighted by molar-refractivity contribution is 0.398. The van der Waals surface area contributed by atoms with Gasteiger partial charge in [-0.25, -0.2) is 4.57 Å². The van der Waals surface area contributed by atoms with Crippen LogP contribution in [0.1, 0.15) is 0 Å². The minimum atomic E-state index is -3.38. The predicted molar refractivity (Wildman–Crippen MR) is 71.9 cm³/mol. The van der Waals surface area contributed by atoms with Gasteiger partial charge in [0, 0.05) is 5.82 Å². The molecule has 2 rings (SSSR count). The molecule has 4 heteroatoms. The third kappa shape index (κ3) is 3.25. The van der Waals surface area contributed by atoms with E-state index >= 15 is 0 Å². The molecule has 0 saturated heterocycles. The Labute approximate surface area is 106 Å². The molecule has 0 aliphatic carbocycles. The second-order valence-corrected chi connectivity index (χ2v) is 5.34. The predicted octanol–water partition coefficient (Wildman–Crippen LogP) is 4.48. The van der Waals surface area contributed by atoms with Crippen molar-refractivity contribution in [2.24, 2.45) is 0 Å². The van der Waals surface area contributed by atoms with Crippen LogP contribution in [0.15, 0.2) is 73.1 Å². The van der Waals surface area contributed by atoms with Gasteiger partial charge >= 0.3 is 7.60 Å². The summed E-state index contributed by atoms with van der Waals surface area (Å²) in [7, 11) is -3.38. The maximum absolute atomic E-state index is 12.4. The van der Waals surface area contributed by atoms with Crippen molar-refractivity contribution in [1.82, 2.24) is 0 Å². The summed E-state index contributed by atoms with van der Waals surface area (Å²) in [6.45, 7) is 3.51. The molecule has 0 saturated carbocycles. The van der Waals surface area contributed by atoms with Crippen LogP contribution >= 0.6 is 7.60 Å². The number of hydrogen-bond acceptors (Lipinski definition) is 3. The molecule has 0 heterocycles.